The van der Waals surface area contributed by atoms with Gasteiger partial charge in [0, 0.05) is 11.3 Å². The number of para-hydroxylation sites is 2. The normalized spacial score (nSPS) is 14.4. The summed E-state index contributed by atoms with van der Waals surface area (Å²) in [7, 11) is 0. The zero-order valence-corrected chi connectivity index (χ0v) is 20.0. The number of hydrogen-bond donors (Lipinski definition) is 1. The highest BCUT2D eigenvalue weighted by molar-refractivity contribution is 8.27. The lowest BCUT2D eigenvalue weighted by molar-refractivity contribution is -0.118. The van der Waals surface area contributed by atoms with Gasteiger partial charge in [0.05, 0.1) is 17.2 Å². The third-order valence-electron chi connectivity index (χ3n) is 4.82. The monoisotopic (exact) mass is 490 g/mol. The van der Waals surface area contributed by atoms with Crippen LogP contribution in [0.25, 0.3) is 6.08 Å². The van der Waals surface area contributed by atoms with Crippen LogP contribution >= 0.6 is 24.0 Å². The maximum atomic E-state index is 13.0. The summed E-state index contributed by atoms with van der Waals surface area (Å²) >= 11 is 6.67. The summed E-state index contributed by atoms with van der Waals surface area (Å²) in [4.78, 5) is 27.4. The number of carbonyl (C=O) groups excluding carboxylic acids is 2. The number of nitrogens with one attached hydrogen (secondary N) is 1. The van der Waals surface area contributed by atoms with E-state index in [1.165, 1.54) is 16.7 Å². The minimum atomic E-state index is -0.297. The Hall–Kier alpha value is -3.62. The van der Waals surface area contributed by atoms with E-state index in [0.717, 1.165) is 11.4 Å². The van der Waals surface area contributed by atoms with Gasteiger partial charge >= 0.3 is 0 Å². The van der Waals surface area contributed by atoms with Crippen LogP contribution in [-0.2, 0) is 9.59 Å². The highest BCUT2D eigenvalue weighted by Crippen LogP contribution is 2.37. The van der Waals surface area contributed by atoms with Crippen LogP contribution in [0.2, 0.25) is 0 Å². The third-order valence-corrected chi connectivity index (χ3v) is 6.12. The number of benzene rings is 3. The molecule has 1 fully saturated rings. The van der Waals surface area contributed by atoms with Crippen LogP contribution in [0.5, 0.6) is 11.5 Å². The molecule has 2 amide bonds. The van der Waals surface area contributed by atoms with Gasteiger partial charge in [-0.15, -0.1) is 0 Å². The molecule has 0 aromatic heterocycles. The molecular formula is C26H22N2O4S2. The third kappa shape index (κ3) is 5.65. The molecule has 1 heterocycles. The fraction of sp³-hybridized carbons (Fsp3) is 0.115. The van der Waals surface area contributed by atoms with Gasteiger partial charge in [-0.2, -0.15) is 0 Å². The molecule has 0 spiro atoms. The number of ether oxygens (including phenoxy) is 2. The number of anilines is 2. The molecule has 0 saturated carbocycles. The van der Waals surface area contributed by atoms with Gasteiger partial charge in [-0.25, -0.2) is 0 Å². The van der Waals surface area contributed by atoms with Gasteiger partial charge in [-0.1, -0.05) is 60.4 Å². The molecule has 1 aliphatic rings. The van der Waals surface area contributed by atoms with Crippen molar-refractivity contribution in [3.63, 3.8) is 0 Å². The van der Waals surface area contributed by atoms with E-state index in [1.54, 1.807) is 36.4 Å². The average molecular weight is 491 g/mol. The van der Waals surface area contributed by atoms with Crippen LogP contribution in [0.15, 0.2) is 83.8 Å². The lowest BCUT2D eigenvalue weighted by atomic mass is 10.2. The Morgan fingerprint density at radius 2 is 1.71 bits per heavy atom. The number of thiocarbonyl (C=S) groups is 1. The zero-order valence-electron chi connectivity index (χ0n) is 18.4. The Morgan fingerprint density at radius 1 is 1.00 bits per heavy atom. The molecule has 0 aliphatic carbocycles. The maximum Gasteiger partial charge on any atom is 0.270 e. The van der Waals surface area contributed by atoms with Crippen molar-refractivity contribution in [3.8, 4) is 11.5 Å². The molecule has 0 unspecified atom stereocenters. The fourth-order valence-corrected chi connectivity index (χ4v) is 4.57. The summed E-state index contributed by atoms with van der Waals surface area (Å²) in [6.07, 6.45) is 1.74. The molecule has 1 N–H and O–H groups in total. The molecule has 0 bridgehead atoms. The van der Waals surface area contributed by atoms with Crippen molar-refractivity contribution in [3.05, 3.63) is 89.3 Å². The smallest absolute Gasteiger partial charge is 0.270 e. The van der Waals surface area contributed by atoms with Crippen molar-refractivity contribution in [1.82, 2.24) is 0 Å². The van der Waals surface area contributed by atoms with Crippen molar-refractivity contribution in [2.75, 3.05) is 23.4 Å². The predicted molar refractivity (Wildman–Crippen MR) is 140 cm³/mol. The van der Waals surface area contributed by atoms with Crippen LogP contribution < -0.4 is 19.7 Å². The second kappa shape index (κ2) is 11.0. The molecule has 4 rings (SSSR count). The van der Waals surface area contributed by atoms with Crippen molar-refractivity contribution in [2.45, 2.75) is 6.92 Å². The molecule has 0 atom stereocenters. The minimum Gasteiger partial charge on any atom is -0.494 e. The van der Waals surface area contributed by atoms with Gasteiger partial charge in [-0.3, -0.25) is 14.5 Å². The van der Waals surface area contributed by atoms with Crippen molar-refractivity contribution in [1.29, 1.82) is 0 Å². The number of rotatable bonds is 8. The van der Waals surface area contributed by atoms with Crippen LogP contribution in [-0.4, -0.2) is 29.3 Å². The van der Waals surface area contributed by atoms with E-state index in [2.05, 4.69) is 5.32 Å². The van der Waals surface area contributed by atoms with Crippen LogP contribution in [0.3, 0.4) is 0 Å². The van der Waals surface area contributed by atoms with E-state index in [0.29, 0.717) is 32.8 Å². The first kappa shape index (κ1) is 23.5. The first-order valence-corrected chi connectivity index (χ1v) is 11.8. The van der Waals surface area contributed by atoms with Crippen molar-refractivity contribution < 1.29 is 19.1 Å². The van der Waals surface area contributed by atoms with E-state index in [1.807, 2.05) is 55.5 Å². The molecule has 34 heavy (non-hydrogen) atoms. The van der Waals surface area contributed by atoms with E-state index < -0.39 is 0 Å². The van der Waals surface area contributed by atoms with E-state index in [9.17, 15) is 9.59 Å². The summed E-state index contributed by atoms with van der Waals surface area (Å²) < 4.78 is 11.6. The van der Waals surface area contributed by atoms with E-state index >= 15 is 0 Å². The molecule has 3 aromatic carbocycles. The fourth-order valence-electron chi connectivity index (χ4n) is 3.28. The Kier molecular flexibility index (Phi) is 7.61. The van der Waals surface area contributed by atoms with Gasteiger partial charge < -0.3 is 14.8 Å². The summed E-state index contributed by atoms with van der Waals surface area (Å²) in [6.45, 7) is 2.31. The molecule has 6 nitrogen and oxygen atoms in total. The van der Waals surface area contributed by atoms with E-state index in [4.69, 9.17) is 21.7 Å². The van der Waals surface area contributed by atoms with Crippen LogP contribution in [0.4, 0.5) is 11.4 Å². The Labute approximate surface area is 207 Å². The van der Waals surface area contributed by atoms with Gasteiger partial charge in [0.25, 0.3) is 11.8 Å². The largest absolute Gasteiger partial charge is 0.494 e. The standard InChI is InChI=1S/C26H22N2O4S2/c1-2-31-21-14-12-19(13-15-21)27-24(29)17-32-22-11-7-6-8-18(22)16-23-25(30)28(26(33)34-23)20-9-4-3-5-10-20/h3-16H,2,17H2,1H3,(H,27,29)/b23-16-. The number of nitrogens with zero attached hydrogens (tertiary/aromatic N) is 1. The second-order valence-electron chi connectivity index (χ2n) is 7.18. The summed E-state index contributed by atoms with van der Waals surface area (Å²) in [5, 5.41) is 2.79. The highest BCUT2D eigenvalue weighted by Gasteiger charge is 2.33. The SMILES string of the molecule is CCOc1ccc(NC(=O)COc2ccccc2/C=C2\SC(=S)N(c3ccccc3)C2=O)cc1. The van der Waals surface area contributed by atoms with Crippen molar-refractivity contribution >= 4 is 57.6 Å². The first-order valence-electron chi connectivity index (χ1n) is 10.6. The molecule has 8 heteroatoms. The Bertz CT molecular complexity index is 1230. The Balaban J connectivity index is 1.43. The Morgan fingerprint density at radius 3 is 2.44 bits per heavy atom. The minimum absolute atomic E-state index is 0.178. The average Bonchev–Trinajstić information content (AvgIpc) is 3.13. The molecule has 3 aromatic rings. The first-order chi connectivity index (χ1) is 16.5. The molecule has 0 radical (unpaired) electrons. The maximum absolute atomic E-state index is 13.0. The lowest BCUT2D eigenvalue weighted by Gasteiger charge is -2.14. The van der Waals surface area contributed by atoms with Crippen LogP contribution in [0.1, 0.15) is 12.5 Å². The number of hydrogen-bond acceptors (Lipinski definition) is 6. The van der Waals surface area contributed by atoms with Gasteiger partial charge in [-0.05, 0) is 55.5 Å². The molecule has 172 valence electrons. The molecule has 1 aliphatic heterocycles. The second-order valence-corrected chi connectivity index (χ2v) is 8.86. The summed E-state index contributed by atoms with van der Waals surface area (Å²) in [6, 6.07) is 23.7. The molecular weight excluding hydrogens is 468 g/mol. The summed E-state index contributed by atoms with van der Waals surface area (Å²) in [5.41, 5.74) is 2.06. The summed E-state index contributed by atoms with van der Waals surface area (Å²) in [5.74, 6) is 0.747. The predicted octanol–water partition coefficient (Wildman–Crippen LogP) is 5.51. The topological polar surface area (TPSA) is 67.9 Å². The van der Waals surface area contributed by atoms with Gasteiger partial charge in [0.1, 0.15) is 11.5 Å². The van der Waals surface area contributed by atoms with Crippen LogP contribution in [0, 0.1) is 0 Å². The molecule has 1 saturated heterocycles. The number of amides is 2. The van der Waals surface area contributed by atoms with Gasteiger partial charge in [0.2, 0.25) is 0 Å². The quantitative estimate of drug-likeness (QED) is 0.332. The number of thioether (sulfide) groups is 1. The lowest BCUT2D eigenvalue weighted by Crippen LogP contribution is -2.27. The highest BCUT2D eigenvalue weighted by atomic mass is 32.2. The van der Waals surface area contributed by atoms with Gasteiger partial charge in [0.15, 0.2) is 10.9 Å². The zero-order chi connectivity index (χ0) is 23.9. The van der Waals surface area contributed by atoms with Crippen molar-refractivity contribution in [2.24, 2.45) is 0 Å². The number of carbonyl (C=O) groups is 2. The van der Waals surface area contributed by atoms with E-state index in [-0.39, 0.29) is 18.4 Å².